The maximum Gasteiger partial charge on any atom is 0.270 e. The van der Waals surface area contributed by atoms with Crippen LogP contribution in [0, 0.1) is 24.4 Å². The maximum absolute atomic E-state index is 14.0. The number of aliphatic hydroxyl groups excluding tert-OH is 1. The van der Waals surface area contributed by atoms with Gasteiger partial charge in [0.25, 0.3) is 5.91 Å². The lowest BCUT2D eigenvalue weighted by Crippen LogP contribution is -2.34. The molecule has 1 aliphatic rings. The number of nitrogens with one attached hydrogen (secondary N) is 1. The van der Waals surface area contributed by atoms with E-state index in [0.717, 1.165) is 11.1 Å². The van der Waals surface area contributed by atoms with E-state index in [2.05, 4.69) is 10.3 Å². The van der Waals surface area contributed by atoms with E-state index < -0.39 is 47.7 Å². The number of rotatable bonds is 5. The fraction of sp³-hybridized carbons (Fsp3) is 0.200. The van der Waals surface area contributed by atoms with Crippen molar-refractivity contribution in [2.24, 2.45) is 0 Å². The molecule has 2 aromatic heterocycles. The van der Waals surface area contributed by atoms with Gasteiger partial charge in [-0.25, -0.2) is 18.2 Å². The molecule has 174 valence electrons. The Morgan fingerprint density at radius 2 is 1.91 bits per heavy atom. The Bertz CT molecular complexity index is 1400. The molecule has 9 heteroatoms. The molecule has 2 heterocycles. The normalized spacial score (nSPS) is 17.1. The average molecular weight is 467 g/mol. The Morgan fingerprint density at radius 1 is 1.18 bits per heavy atom. The lowest BCUT2D eigenvalue weighted by molar-refractivity contribution is 0.0852. The van der Waals surface area contributed by atoms with E-state index in [9.17, 15) is 23.1 Å². The second-order valence-electron chi connectivity index (χ2n) is 8.17. The Labute approximate surface area is 192 Å². The van der Waals surface area contributed by atoms with Gasteiger partial charge in [0.2, 0.25) is 0 Å². The number of imidazole rings is 1. The molecule has 34 heavy (non-hydrogen) atoms. The van der Waals surface area contributed by atoms with Crippen molar-refractivity contribution >= 4 is 11.6 Å². The summed E-state index contributed by atoms with van der Waals surface area (Å²) in [4.78, 5) is 17.6. The smallest absolute Gasteiger partial charge is 0.270 e. The van der Waals surface area contributed by atoms with Gasteiger partial charge in [-0.2, -0.15) is 0 Å². The van der Waals surface area contributed by atoms with Crippen LogP contribution >= 0.6 is 0 Å². The minimum atomic E-state index is -1.06. The first kappa shape index (κ1) is 22.0. The Morgan fingerprint density at radius 3 is 2.68 bits per heavy atom. The van der Waals surface area contributed by atoms with E-state index in [0.29, 0.717) is 24.2 Å². The highest BCUT2D eigenvalue weighted by Gasteiger charge is 2.33. The number of fused-ring (bicyclic) bond motifs is 2. The fourth-order valence-corrected chi connectivity index (χ4v) is 4.36. The third kappa shape index (κ3) is 3.77. The number of amides is 1. The molecule has 5 rings (SSSR count). The second-order valence-corrected chi connectivity index (χ2v) is 8.17. The zero-order chi connectivity index (χ0) is 24.0. The third-order valence-corrected chi connectivity index (χ3v) is 5.97. The van der Waals surface area contributed by atoms with Crippen molar-refractivity contribution in [1.29, 1.82) is 0 Å². The molecule has 0 fully saturated rings. The van der Waals surface area contributed by atoms with Crippen LogP contribution in [0.15, 0.2) is 54.7 Å². The molecule has 2 aromatic carbocycles. The number of ether oxygens (including phenoxy) is 1. The van der Waals surface area contributed by atoms with Gasteiger partial charge >= 0.3 is 0 Å². The number of aliphatic hydroxyl groups is 1. The number of carbonyl (C=O) groups is 1. The average Bonchev–Trinajstić information content (AvgIpc) is 3.29. The van der Waals surface area contributed by atoms with Gasteiger partial charge in [0, 0.05) is 24.8 Å². The van der Waals surface area contributed by atoms with Crippen molar-refractivity contribution in [3.8, 4) is 5.75 Å². The third-order valence-electron chi connectivity index (χ3n) is 5.97. The summed E-state index contributed by atoms with van der Waals surface area (Å²) in [6, 6.07) is 11.3. The molecule has 0 bridgehead atoms. The number of hydrogen-bond donors (Lipinski definition) is 2. The van der Waals surface area contributed by atoms with Crippen LogP contribution in [0.25, 0.3) is 5.65 Å². The van der Waals surface area contributed by atoms with Crippen LogP contribution < -0.4 is 10.1 Å². The van der Waals surface area contributed by atoms with Crippen molar-refractivity contribution in [1.82, 2.24) is 14.7 Å². The molecule has 1 aliphatic carbocycles. The van der Waals surface area contributed by atoms with E-state index in [1.165, 1.54) is 4.40 Å². The van der Waals surface area contributed by atoms with Gasteiger partial charge in [-0.15, -0.1) is 0 Å². The van der Waals surface area contributed by atoms with Crippen LogP contribution in [0.2, 0.25) is 0 Å². The first-order valence-corrected chi connectivity index (χ1v) is 10.6. The van der Waals surface area contributed by atoms with E-state index in [1.807, 2.05) is 24.3 Å². The number of carbonyl (C=O) groups excluding carboxylic acids is 1. The molecule has 0 radical (unpaired) electrons. The van der Waals surface area contributed by atoms with Gasteiger partial charge in [-0.3, -0.25) is 9.20 Å². The Kier molecular flexibility index (Phi) is 5.49. The minimum absolute atomic E-state index is 0.194. The van der Waals surface area contributed by atoms with E-state index in [1.54, 1.807) is 25.3 Å². The lowest BCUT2D eigenvalue weighted by atomic mass is 10.1. The number of aryl methyl sites for hydroxylation is 1. The molecule has 2 N–H and O–H groups in total. The molecule has 0 saturated heterocycles. The highest BCUT2D eigenvalue weighted by atomic mass is 19.1. The quantitative estimate of drug-likeness (QED) is 0.465. The number of hydrogen-bond acceptors (Lipinski definition) is 4. The van der Waals surface area contributed by atoms with E-state index in [4.69, 9.17) is 4.74 Å². The number of benzene rings is 2. The Balaban J connectivity index is 1.43. The molecule has 6 nitrogen and oxygen atoms in total. The largest absolute Gasteiger partial charge is 0.485 e. The summed E-state index contributed by atoms with van der Waals surface area (Å²) in [7, 11) is 0. The van der Waals surface area contributed by atoms with Gasteiger partial charge in [0.05, 0.1) is 23.4 Å². The summed E-state index contributed by atoms with van der Waals surface area (Å²) >= 11 is 0. The van der Waals surface area contributed by atoms with Gasteiger partial charge in [-0.05, 0) is 30.2 Å². The SMILES string of the molecule is Cc1nc2c(OCc3c(F)cc(F)cc3F)cccn2c1C(=O)N[C@@H]1c2ccccc2C[C@@H]1O. The van der Waals surface area contributed by atoms with Crippen LogP contribution in [0.3, 0.4) is 0 Å². The first-order chi connectivity index (χ1) is 16.3. The molecule has 1 amide bonds. The standard InChI is InChI=1S/C25H20F3N3O3/c1-13-23(25(33)30-22-16-6-3-2-5-14(16)9-20(22)32)31-8-4-7-21(24(31)29-13)34-12-17-18(27)10-15(26)11-19(17)28/h2-8,10-11,20,22,32H,9,12H2,1H3,(H,30,33)/t20-,22+/m0/s1. The summed E-state index contributed by atoms with van der Waals surface area (Å²) in [5.74, 6) is -3.37. The number of aromatic nitrogens is 2. The highest BCUT2D eigenvalue weighted by molar-refractivity contribution is 5.95. The summed E-state index contributed by atoms with van der Waals surface area (Å²) in [5, 5.41) is 13.4. The molecular weight excluding hydrogens is 447 g/mol. The molecule has 0 aliphatic heterocycles. The molecular formula is C25H20F3N3O3. The zero-order valence-electron chi connectivity index (χ0n) is 18.1. The van der Waals surface area contributed by atoms with Crippen LogP contribution in [-0.2, 0) is 13.0 Å². The van der Waals surface area contributed by atoms with Crippen LogP contribution in [0.5, 0.6) is 5.75 Å². The number of pyridine rings is 1. The number of halogens is 3. The maximum atomic E-state index is 14.0. The summed E-state index contributed by atoms with van der Waals surface area (Å²) in [6.07, 6.45) is 1.32. The number of nitrogens with zero attached hydrogens (tertiary/aromatic N) is 2. The van der Waals surface area contributed by atoms with Crippen LogP contribution in [0.1, 0.15) is 38.9 Å². The Hall–Kier alpha value is -3.85. The van der Waals surface area contributed by atoms with Crippen molar-refractivity contribution in [3.63, 3.8) is 0 Å². The van der Waals surface area contributed by atoms with Gasteiger partial charge in [-0.1, -0.05) is 24.3 Å². The van der Waals surface area contributed by atoms with E-state index >= 15 is 0 Å². The summed E-state index contributed by atoms with van der Waals surface area (Å²) in [6.45, 7) is 1.17. The monoisotopic (exact) mass is 467 g/mol. The first-order valence-electron chi connectivity index (χ1n) is 10.6. The predicted octanol–water partition coefficient (Wildman–Crippen LogP) is 4.03. The topological polar surface area (TPSA) is 75.9 Å². The summed E-state index contributed by atoms with van der Waals surface area (Å²) < 4.78 is 48.2. The fourth-order valence-electron chi connectivity index (χ4n) is 4.36. The molecule has 2 atom stereocenters. The van der Waals surface area contributed by atoms with E-state index in [-0.39, 0.29) is 17.1 Å². The van der Waals surface area contributed by atoms with Crippen molar-refractivity contribution in [2.75, 3.05) is 0 Å². The van der Waals surface area contributed by atoms with Crippen molar-refractivity contribution in [2.45, 2.75) is 32.1 Å². The second kappa shape index (κ2) is 8.49. The van der Waals surface area contributed by atoms with Crippen LogP contribution in [-0.4, -0.2) is 26.5 Å². The van der Waals surface area contributed by atoms with Gasteiger partial charge in [0.15, 0.2) is 11.4 Å². The molecule has 4 aromatic rings. The lowest BCUT2D eigenvalue weighted by Gasteiger charge is -2.18. The molecule has 0 saturated carbocycles. The molecule has 0 spiro atoms. The minimum Gasteiger partial charge on any atom is -0.485 e. The van der Waals surface area contributed by atoms with Gasteiger partial charge < -0.3 is 15.2 Å². The highest BCUT2D eigenvalue weighted by Crippen LogP contribution is 2.32. The predicted molar refractivity (Wildman–Crippen MR) is 117 cm³/mol. The van der Waals surface area contributed by atoms with Crippen molar-refractivity contribution in [3.05, 3.63) is 100 Å². The van der Waals surface area contributed by atoms with Crippen molar-refractivity contribution < 1.29 is 27.8 Å². The zero-order valence-corrected chi connectivity index (χ0v) is 18.1. The van der Waals surface area contributed by atoms with Gasteiger partial charge in [0.1, 0.15) is 29.8 Å². The molecule has 0 unspecified atom stereocenters. The summed E-state index contributed by atoms with van der Waals surface area (Å²) in [5.41, 5.74) is 2.36. The van der Waals surface area contributed by atoms with Crippen LogP contribution in [0.4, 0.5) is 13.2 Å².